The molecule has 1 aliphatic heterocycles. The van der Waals surface area contributed by atoms with Gasteiger partial charge in [0.25, 0.3) is 23.6 Å². The summed E-state index contributed by atoms with van der Waals surface area (Å²) in [6.45, 7) is 1.14. The number of methoxy groups -OCH3 is 1. The smallest absolute Gasteiger partial charge is 0.261 e. The molecule has 0 unspecified atom stereocenters. The Morgan fingerprint density at radius 2 is 1.70 bits per heavy atom. The van der Waals surface area contributed by atoms with Crippen LogP contribution in [-0.4, -0.2) is 66.9 Å². The zero-order chi connectivity index (χ0) is 21.5. The third kappa shape index (κ3) is 4.69. The fourth-order valence-electron chi connectivity index (χ4n) is 3.06. The summed E-state index contributed by atoms with van der Waals surface area (Å²) >= 11 is 0. The number of ether oxygens (including phenoxy) is 1. The zero-order valence-electron chi connectivity index (χ0n) is 16.5. The van der Waals surface area contributed by atoms with Crippen LogP contribution in [0.1, 0.15) is 47.9 Å². The molecule has 9 heteroatoms. The Hall–Kier alpha value is -3.59. The number of hydrogen-bond donors (Lipinski definition) is 2. The van der Waals surface area contributed by atoms with Crippen molar-refractivity contribution in [2.75, 3.05) is 33.4 Å². The molecule has 0 bridgehead atoms. The Morgan fingerprint density at radius 3 is 2.37 bits per heavy atom. The summed E-state index contributed by atoms with van der Waals surface area (Å²) in [5.74, 6) is -1.46. The Bertz CT molecular complexity index is 961. The first kappa shape index (κ1) is 21.1. The second kappa shape index (κ2) is 9.75. The number of carbonyl (C=O) groups is 4. The lowest BCUT2D eigenvalue weighted by Gasteiger charge is -2.12. The Kier molecular flexibility index (Phi) is 6.87. The van der Waals surface area contributed by atoms with Crippen LogP contribution in [0.4, 0.5) is 0 Å². The van der Waals surface area contributed by atoms with Crippen LogP contribution in [0.5, 0.6) is 0 Å². The summed E-state index contributed by atoms with van der Waals surface area (Å²) in [6, 6.07) is 7.73. The minimum Gasteiger partial charge on any atom is -0.385 e. The van der Waals surface area contributed by atoms with Crippen molar-refractivity contribution >= 4 is 23.6 Å². The largest absolute Gasteiger partial charge is 0.385 e. The van der Waals surface area contributed by atoms with E-state index in [9.17, 15) is 19.2 Å². The first-order valence-corrected chi connectivity index (χ1v) is 9.48. The summed E-state index contributed by atoms with van der Waals surface area (Å²) in [5.41, 5.74) is 1.21. The van der Waals surface area contributed by atoms with E-state index in [1.165, 1.54) is 29.3 Å². The fraction of sp³-hybridized carbons (Fsp3) is 0.286. The number of imide groups is 1. The van der Waals surface area contributed by atoms with Crippen molar-refractivity contribution in [3.63, 3.8) is 0 Å². The average Bonchev–Trinajstić information content (AvgIpc) is 3.01. The highest BCUT2D eigenvalue weighted by Crippen LogP contribution is 2.24. The molecule has 0 fully saturated rings. The van der Waals surface area contributed by atoms with E-state index in [1.807, 2.05) is 0 Å². The van der Waals surface area contributed by atoms with Gasteiger partial charge in [-0.25, -0.2) is 0 Å². The monoisotopic (exact) mass is 410 g/mol. The number of amides is 4. The quantitative estimate of drug-likeness (QED) is 0.468. The zero-order valence-corrected chi connectivity index (χ0v) is 16.5. The first-order chi connectivity index (χ1) is 14.5. The van der Waals surface area contributed by atoms with Crippen LogP contribution in [0.3, 0.4) is 0 Å². The molecule has 0 atom stereocenters. The standard InChI is InChI=1S/C21H22N4O5/c1-30-11-3-10-25-20(28)16-6-5-14(12-17(16)21(25)29)18(26)23-8-9-24-19(27)15-4-2-7-22-13-15/h2,4-7,12-13H,3,8-11H2,1H3,(H,23,26)(H,24,27). The van der Waals surface area contributed by atoms with Crippen LogP contribution in [0.2, 0.25) is 0 Å². The lowest BCUT2D eigenvalue weighted by Crippen LogP contribution is -2.34. The molecule has 156 valence electrons. The number of nitrogens with one attached hydrogen (secondary N) is 2. The second-order valence-corrected chi connectivity index (χ2v) is 6.62. The van der Waals surface area contributed by atoms with Crippen molar-refractivity contribution in [2.45, 2.75) is 6.42 Å². The van der Waals surface area contributed by atoms with Gasteiger partial charge in [-0.2, -0.15) is 0 Å². The van der Waals surface area contributed by atoms with Crippen LogP contribution >= 0.6 is 0 Å². The number of nitrogens with zero attached hydrogens (tertiary/aromatic N) is 2. The average molecular weight is 410 g/mol. The maximum Gasteiger partial charge on any atom is 0.261 e. The van der Waals surface area contributed by atoms with Crippen molar-refractivity contribution in [2.24, 2.45) is 0 Å². The second-order valence-electron chi connectivity index (χ2n) is 6.62. The van der Waals surface area contributed by atoms with Gasteiger partial charge in [0.15, 0.2) is 0 Å². The predicted octanol–water partition coefficient (Wildman–Crippen LogP) is 0.874. The molecular weight excluding hydrogens is 388 g/mol. The van der Waals surface area contributed by atoms with Crippen LogP contribution in [0.25, 0.3) is 0 Å². The van der Waals surface area contributed by atoms with Crippen LogP contribution in [0.15, 0.2) is 42.7 Å². The molecular formula is C21H22N4O5. The van der Waals surface area contributed by atoms with Gasteiger partial charge < -0.3 is 15.4 Å². The highest BCUT2D eigenvalue weighted by molar-refractivity contribution is 6.22. The number of benzene rings is 1. The third-order valence-electron chi connectivity index (χ3n) is 4.58. The molecule has 1 aromatic carbocycles. The van der Waals surface area contributed by atoms with Gasteiger partial charge in [-0.05, 0) is 36.8 Å². The van der Waals surface area contributed by atoms with Gasteiger partial charge in [0.2, 0.25) is 0 Å². The van der Waals surface area contributed by atoms with Crippen LogP contribution < -0.4 is 10.6 Å². The van der Waals surface area contributed by atoms with Gasteiger partial charge in [0, 0.05) is 51.3 Å². The molecule has 2 N–H and O–H groups in total. The first-order valence-electron chi connectivity index (χ1n) is 9.48. The molecule has 1 aliphatic rings. The molecule has 0 aliphatic carbocycles. The fourth-order valence-corrected chi connectivity index (χ4v) is 3.06. The number of hydrogen-bond acceptors (Lipinski definition) is 6. The highest BCUT2D eigenvalue weighted by Gasteiger charge is 2.35. The van der Waals surface area contributed by atoms with Gasteiger partial charge in [-0.1, -0.05) is 0 Å². The van der Waals surface area contributed by atoms with E-state index in [1.54, 1.807) is 25.4 Å². The molecule has 0 spiro atoms. The maximum absolute atomic E-state index is 12.5. The van der Waals surface area contributed by atoms with E-state index in [0.717, 1.165) is 0 Å². The molecule has 2 heterocycles. The summed E-state index contributed by atoms with van der Waals surface area (Å²) in [6.07, 6.45) is 3.57. The Balaban J connectivity index is 1.54. The van der Waals surface area contributed by atoms with E-state index < -0.39 is 11.8 Å². The van der Waals surface area contributed by atoms with Crippen molar-refractivity contribution < 1.29 is 23.9 Å². The SMILES string of the molecule is COCCCN1C(=O)c2ccc(C(=O)NCCNC(=O)c3cccnc3)cc2C1=O. The Morgan fingerprint density at radius 1 is 1.00 bits per heavy atom. The molecule has 3 rings (SSSR count). The number of rotatable bonds is 9. The molecule has 0 saturated heterocycles. The molecule has 0 radical (unpaired) electrons. The minimum absolute atomic E-state index is 0.206. The summed E-state index contributed by atoms with van der Waals surface area (Å²) in [7, 11) is 1.55. The molecule has 1 aromatic heterocycles. The summed E-state index contributed by atoms with van der Waals surface area (Å²) < 4.78 is 4.95. The molecule has 4 amide bonds. The number of carbonyl (C=O) groups excluding carboxylic acids is 4. The third-order valence-corrected chi connectivity index (χ3v) is 4.58. The van der Waals surface area contributed by atoms with E-state index in [2.05, 4.69) is 15.6 Å². The van der Waals surface area contributed by atoms with Gasteiger partial charge in [0.05, 0.1) is 16.7 Å². The minimum atomic E-state index is -0.413. The molecule has 30 heavy (non-hydrogen) atoms. The summed E-state index contributed by atoms with van der Waals surface area (Å²) in [5, 5.41) is 5.36. The van der Waals surface area contributed by atoms with E-state index in [0.29, 0.717) is 18.6 Å². The topological polar surface area (TPSA) is 118 Å². The molecule has 2 aromatic rings. The maximum atomic E-state index is 12.5. The van der Waals surface area contributed by atoms with Crippen molar-refractivity contribution in [3.8, 4) is 0 Å². The Labute approximate surface area is 173 Å². The van der Waals surface area contributed by atoms with Gasteiger partial charge >= 0.3 is 0 Å². The van der Waals surface area contributed by atoms with Gasteiger partial charge in [-0.15, -0.1) is 0 Å². The predicted molar refractivity (Wildman–Crippen MR) is 107 cm³/mol. The number of pyridine rings is 1. The van der Waals surface area contributed by atoms with Crippen LogP contribution in [0, 0.1) is 0 Å². The van der Waals surface area contributed by atoms with Crippen molar-refractivity contribution in [1.82, 2.24) is 20.5 Å². The van der Waals surface area contributed by atoms with Crippen molar-refractivity contribution in [3.05, 3.63) is 65.0 Å². The molecule has 0 saturated carbocycles. The lowest BCUT2D eigenvalue weighted by molar-refractivity contribution is 0.0638. The van der Waals surface area contributed by atoms with Crippen molar-refractivity contribution in [1.29, 1.82) is 0 Å². The normalized spacial score (nSPS) is 12.6. The number of fused-ring (bicyclic) bond motifs is 1. The molecule has 9 nitrogen and oxygen atoms in total. The van der Waals surface area contributed by atoms with E-state index in [-0.39, 0.29) is 48.1 Å². The highest BCUT2D eigenvalue weighted by atomic mass is 16.5. The van der Waals surface area contributed by atoms with Gasteiger partial charge in [0.1, 0.15) is 0 Å². The van der Waals surface area contributed by atoms with Crippen LogP contribution in [-0.2, 0) is 4.74 Å². The number of aromatic nitrogens is 1. The summed E-state index contributed by atoms with van der Waals surface area (Å²) in [4.78, 5) is 54.3. The lowest BCUT2D eigenvalue weighted by atomic mass is 10.1. The van der Waals surface area contributed by atoms with Gasteiger partial charge in [-0.3, -0.25) is 29.1 Å². The van der Waals surface area contributed by atoms with E-state index in [4.69, 9.17) is 4.74 Å². The van der Waals surface area contributed by atoms with E-state index >= 15 is 0 Å².